The monoisotopic (exact) mass is 703 g/mol. The van der Waals surface area contributed by atoms with Gasteiger partial charge in [0, 0.05) is 12.1 Å². The first-order chi connectivity index (χ1) is 21.3. The average molecular weight is 705 g/mol. The number of amides is 1. The number of nitrogens with one attached hydrogen (secondary N) is 2. The van der Waals surface area contributed by atoms with Crippen LogP contribution in [0, 0.1) is 0 Å². The van der Waals surface area contributed by atoms with Crippen LogP contribution in [0.15, 0.2) is 59.1 Å². The van der Waals surface area contributed by atoms with Gasteiger partial charge in [-0.3, -0.25) is 9.10 Å². The van der Waals surface area contributed by atoms with E-state index in [1.54, 1.807) is 4.31 Å². The summed E-state index contributed by atoms with van der Waals surface area (Å²) in [4.78, 5) is 26.3. The molecule has 1 amide bonds. The van der Waals surface area contributed by atoms with Crippen molar-refractivity contribution >= 4 is 54.9 Å². The number of ether oxygens (including phenoxy) is 2. The highest BCUT2D eigenvalue weighted by Gasteiger charge is 2.32. The Hall–Kier alpha value is -2.93. The van der Waals surface area contributed by atoms with Gasteiger partial charge in [-0.05, 0) is 78.0 Å². The van der Waals surface area contributed by atoms with Crippen molar-refractivity contribution in [3.63, 3.8) is 0 Å². The molecule has 1 aromatic heterocycles. The molecule has 1 aliphatic heterocycles. The fraction of sp³-hybridized carbons (Fsp3) is 0.438. The highest BCUT2D eigenvalue weighted by Crippen LogP contribution is 2.47. The first-order valence-electron chi connectivity index (χ1n) is 15.0. The molecule has 1 saturated heterocycles. The minimum atomic E-state index is -3.73. The Morgan fingerprint density at radius 1 is 1.02 bits per heavy atom. The molecule has 0 atom stereocenters. The van der Waals surface area contributed by atoms with E-state index in [4.69, 9.17) is 9.47 Å². The number of carbonyl (C=O) groups excluding carboxylic acids is 2. The molecule has 9 nitrogen and oxygen atoms in total. The van der Waals surface area contributed by atoms with Crippen LogP contribution in [-0.2, 0) is 25.3 Å². The number of rotatable bonds is 11. The van der Waals surface area contributed by atoms with Gasteiger partial charge in [-0.2, -0.15) is 0 Å². The summed E-state index contributed by atoms with van der Waals surface area (Å²) in [6.07, 6.45) is 6.67. The molecule has 2 N–H and O–H groups in total. The Morgan fingerprint density at radius 3 is 2.45 bits per heavy atom. The van der Waals surface area contributed by atoms with Gasteiger partial charge >= 0.3 is 5.97 Å². The van der Waals surface area contributed by atoms with E-state index in [0.29, 0.717) is 33.4 Å². The van der Waals surface area contributed by atoms with Crippen molar-refractivity contribution in [2.75, 3.05) is 31.1 Å². The molecule has 2 fully saturated rings. The van der Waals surface area contributed by atoms with Crippen LogP contribution < -0.4 is 19.7 Å². The van der Waals surface area contributed by atoms with E-state index in [1.165, 1.54) is 24.9 Å². The van der Waals surface area contributed by atoms with Crippen molar-refractivity contribution < 1.29 is 27.5 Å². The third-order valence-corrected chi connectivity index (χ3v) is 12.0. The molecule has 1 saturated carbocycles. The zero-order valence-electron chi connectivity index (χ0n) is 24.7. The summed E-state index contributed by atoms with van der Waals surface area (Å²) in [5, 5.41) is 6.36. The predicted octanol–water partition coefficient (Wildman–Crippen LogP) is 5.88. The van der Waals surface area contributed by atoms with Gasteiger partial charge in [0.25, 0.3) is 5.91 Å². The fourth-order valence-electron chi connectivity index (χ4n) is 5.87. The molecule has 2 aromatic carbocycles. The SMILES string of the molecule is COC(=O)c1sc(-c2cccc(N(C3CCNCC3)S(=O)(=O)Cc3ccccc3)c2)c(Br)c1OCC(=O)NC1CCCCC1. The highest BCUT2D eigenvalue weighted by molar-refractivity contribution is 9.10. The third-order valence-electron chi connectivity index (χ3n) is 7.99. The average Bonchev–Trinajstić information content (AvgIpc) is 3.36. The van der Waals surface area contributed by atoms with Gasteiger partial charge in [-0.25, -0.2) is 13.2 Å². The van der Waals surface area contributed by atoms with Gasteiger partial charge in [0.1, 0.15) is 0 Å². The first kappa shape index (κ1) is 32.5. The van der Waals surface area contributed by atoms with Crippen LogP contribution in [0.2, 0.25) is 0 Å². The van der Waals surface area contributed by atoms with Crippen LogP contribution >= 0.6 is 27.3 Å². The number of anilines is 1. The zero-order chi connectivity index (χ0) is 31.1. The number of piperidine rings is 1. The minimum Gasteiger partial charge on any atom is -0.481 e. The number of sulfonamides is 1. The minimum absolute atomic E-state index is 0.113. The molecule has 2 aliphatic rings. The normalized spacial score (nSPS) is 16.3. The van der Waals surface area contributed by atoms with Gasteiger partial charge in [-0.1, -0.05) is 61.7 Å². The van der Waals surface area contributed by atoms with Crippen molar-refractivity contribution in [1.29, 1.82) is 0 Å². The van der Waals surface area contributed by atoms with Crippen LogP contribution in [0.5, 0.6) is 5.75 Å². The molecule has 0 bridgehead atoms. The number of nitrogens with zero attached hydrogens (tertiary/aromatic N) is 1. The first-order valence-corrected chi connectivity index (χ1v) is 18.2. The summed E-state index contributed by atoms with van der Waals surface area (Å²) in [5.74, 6) is -0.705. The van der Waals surface area contributed by atoms with Gasteiger partial charge < -0.3 is 20.1 Å². The van der Waals surface area contributed by atoms with Gasteiger partial charge in [0.05, 0.1) is 27.9 Å². The number of thiophene rings is 1. The van der Waals surface area contributed by atoms with Crippen molar-refractivity contribution in [3.8, 4) is 16.2 Å². The lowest BCUT2D eigenvalue weighted by Gasteiger charge is -2.35. The van der Waals surface area contributed by atoms with Gasteiger partial charge in [-0.15, -0.1) is 11.3 Å². The number of esters is 1. The molecule has 0 unspecified atom stereocenters. The highest BCUT2D eigenvalue weighted by atomic mass is 79.9. The summed E-state index contributed by atoms with van der Waals surface area (Å²) in [7, 11) is -2.44. The smallest absolute Gasteiger partial charge is 0.351 e. The number of halogens is 1. The number of benzene rings is 2. The Bertz CT molecular complexity index is 1550. The van der Waals surface area contributed by atoms with E-state index in [9.17, 15) is 18.0 Å². The van der Waals surface area contributed by atoms with Gasteiger partial charge in [0.15, 0.2) is 17.2 Å². The molecular formula is C32H38BrN3O6S2. The summed E-state index contributed by atoms with van der Waals surface area (Å²) >= 11 is 4.78. The largest absolute Gasteiger partial charge is 0.481 e. The standard InChI is InChI=1S/C32H38BrN3O6S2/c1-41-32(38)31-29(42-20-27(37)35-24-12-6-3-7-13-24)28(33)30(43-31)23-11-8-14-26(19-23)36(25-15-17-34-18-16-25)44(39,40)21-22-9-4-2-5-10-22/h2,4-5,8-11,14,19,24-25,34H,3,6-7,12-13,15-18,20-21H2,1H3,(H,35,37). The van der Waals surface area contributed by atoms with Crippen LogP contribution in [0.25, 0.3) is 10.4 Å². The number of methoxy groups -OCH3 is 1. The zero-order valence-corrected chi connectivity index (χ0v) is 27.9. The summed E-state index contributed by atoms with van der Waals surface area (Å²) < 4.78 is 41.0. The maximum atomic E-state index is 14.0. The summed E-state index contributed by atoms with van der Waals surface area (Å²) in [5.41, 5.74) is 1.99. The second kappa shape index (κ2) is 14.9. The Kier molecular flexibility index (Phi) is 11.0. The number of hydrogen-bond donors (Lipinski definition) is 2. The van der Waals surface area contributed by atoms with Crippen molar-refractivity contribution in [2.24, 2.45) is 0 Å². The van der Waals surface area contributed by atoms with Gasteiger partial charge in [0.2, 0.25) is 10.0 Å². The summed E-state index contributed by atoms with van der Waals surface area (Å²) in [6.45, 7) is 1.22. The number of carbonyl (C=O) groups is 2. The van der Waals surface area contributed by atoms with Crippen molar-refractivity contribution in [3.05, 3.63) is 69.5 Å². The molecule has 0 spiro atoms. The molecule has 0 radical (unpaired) electrons. The topological polar surface area (TPSA) is 114 Å². The Morgan fingerprint density at radius 2 is 1.75 bits per heavy atom. The maximum Gasteiger partial charge on any atom is 0.351 e. The van der Waals surface area contributed by atoms with E-state index in [2.05, 4.69) is 26.6 Å². The number of hydrogen-bond acceptors (Lipinski definition) is 8. The van der Waals surface area contributed by atoms with Crippen molar-refractivity contribution in [2.45, 2.75) is 62.8 Å². The maximum absolute atomic E-state index is 14.0. The molecule has 44 heavy (non-hydrogen) atoms. The van der Waals surface area contributed by atoms with E-state index >= 15 is 0 Å². The van der Waals surface area contributed by atoms with Crippen LogP contribution in [0.3, 0.4) is 0 Å². The molecule has 3 aromatic rings. The lowest BCUT2D eigenvalue weighted by atomic mass is 9.95. The lowest BCUT2D eigenvalue weighted by molar-refractivity contribution is -0.124. The van der Waals surface area contributed by atoms with Crippen molar-refractivity contribution in [1.82, 2.24) is 10.6 Å². The molecular weight excluding hydrogens is 666 g/mol. The van der Waals surface area contributed by atoms with Crippen LogP contribution in [0.1, 0.15) is 60.2 Å². The molecule has 5 rings (SSSR count). The molecule has 12 heteroatoms. The quantitative estimate of drug-likeness (QED) is 0.240. The summed E-state index contributed by atoms with van der Waals surface area (Å²) in [6, 6.07) is 16.5. The Labute approximate surface area is 271 Å². The second-order valence-corrected chi connectivity index (χ2v) is 14.8. The van der Waals surface area contributed by atoms with E-state index in [1.807, 2.05) is 54.6 Å². The molecule has 236 valence electrons. The molecule has 1 aliphatic carbocycles. The lowest BCUT2D eigenvalue weighted by Crippen LogP contribution is -2.46. The Balaban J connectivity index is 1.45. The predicted molar refractivity (Wildman–Crippen MR) is 177 cm³/mol. The second-order valence-electron chi connectivity index (χ2n) is 11.2. The fourth-order valence-corrected chi connectivity index (χ4v) is 9.69. The van der Waals surface area contributed by atoms with Crippen LogP contribution in [-0.4, -0.2) is 59.2 Å². The van der Waals surface area contributed by atoms with Crippen LogP contribution in [0.4, 0.5) is 5.69 Å². The molecule has 2 heterocycles. The van der Waals surface area contributed by atoms with E-state index < -0.39 is 16.0 Å². The van der Waals surface area contributed by atoms with E-state index in [0.717, 1.165) is 44.3 Å². The van der Waals surface area contributed by atoms with E-state index in [-0.39, 0.29) is 41.0 Å². The third kappa shape index (κ3) is 7.82.